The molecule has 6 nitrogen and oxygen atoms in total. The lowest BCUT2D eigenvalue weighted by atomic mass is 10.4. The average Bonchev–Trinajstić information content (AvgIpc) is 2.41. The molecule has 0 spiro atoms. The Morgan fingerprint density at radius 3 is 2.65 bits per heavy atom. The number of rotatable bonds is 5. The Hall–Kier alpha value is -1.40. The van der Waals surface area contributed by atoms with Crippen LogP contribution in [0.25, 0.3) is 0 Å². The highest BCUT2D eigenvalue weighted by atomic mass is 16.5. The summed E-state index contributed by atoms with van der Waals surface area (Å²) in [5.41, 5.74) is 0.920. The number of anilines is 2. The fourth-order valence-corrected chi connectivity index (χ4v) is 1.70. The van der Waals surface area contributed by atoms with Gasteiger partial charge < -0.3 is 15.4 Å². The normalized spacial score (nSPS) is 16.8. The molecule has 1 saturated heterocycles. The first-order chi connectivity index (χ1) is 8.38. The number of nitrogens with one attached hydrogen (secondary N) is 2. The zero-order valence-electron chi connectivity index (χ0n) is 10.1. The minimum atomic E-state index is 0.678. The summed E-state index contributed by atoms with van der Waals surface area (Å²) in [6, 6.07) is 0. The van der Waals surface area contributed by atoms with Crippen LogP contribution < -0.4 is 10.6 Å². The van der Waals surface area contributed by atoms with Crippen LogP contribution >= 0.6 is 0 Å². The van der Waals surface area contributed by atoms with Crippen molar-refractivity contribution in [1.82, 2.24) is 14.9 Å². The highest BCUT2D eigenvalue weighted by Crippen LogP contribution is 2.04. The zero-order chi connectivity index (χ0) is 11.9. The number of morpholine rings is 1. The molecule has 0 radical (unpaired) electrons. The Morgan fingerprint density at radius 1 is 1.29 bits per heavy atom. The van der Waals surface area contributed by atoms with Crippen molar-refractivity contribution in [3.8, 4) is 0 Å². The van der Waals surface area contributed by atoms with Crippen LogP contribution in [0.15, 0.2) is 12.4 Å². The van der Waals surface area contributed by atoms with Crippen molar-refractivity contribution in [2.45, 2.75) is 0 Å². The standard InChI is InChI=1S/C11H19N5O/c1-12-10-8-14-11(15-9-10)13-2-3-16-4-6-17-7-5-16/h8-9,12H,2-7H2,1H3,(H,13,14,15). The van der Waals surface area contributed by atoms with Gasteiger partial charge in [-0.3, -0.25) is 4.90 Å². The van der Waals surface area contributed by atoms with Crippen LogP contribution in [-0.2, 0) is 4.74 Å². The van der Waals surface area contributed by atoms with Gasteiger partial charge in [-0.25, -0.2) is 9.97 Å². The lowest BCUT2D eigenvalue weighted by molar-refractivity contribution is 0.0398. The molecule has 1 aromatic rings. The maximum Gasteiger partial charge on any atom is 0.222 e. The van der Waals surface area contributed by atoms with Gasteiger partial charge in [0.05, 0.1) is 31.3 Å². The van der Waals surface area contributed by atoms with Crippen LogP contribution in [0.5, 0.6) is 0 Å². The molecular weight excluding hydrogens is 218 g/mol. The number of nitrogens with zero attached hydrogens (tertiary/aromatic N) is 3. The monoisotopic (exact) mass is 237 g/mol. The first kappa shape index (κ1) is 12.1. The summed E-state index contributed by atoms with van der Waals surface area (Å²) in [6.07, 6.45) is 3.54. The second-order valence-electron chi connectivity index (χ2n) is 3.93. The van der Waals surface area contributed by atoms with E-state index in [-0.39, 0.29) is 0 Å². The van der Waals surface area contributed by atoms with Gasteiger partial charge in [0.15, 0.2) is 0 Å². The van der Waals surface area contributed by atoms with Gasteiger partial charge in [-0.05, 0) is 0 Å². The highest BCUT2D eigenvalue weighted by Gasteiger charge is 2.09. The molecule has 94 valence electrons. The summed E-state index contributed by atoms with van der Waals surface area (Å²) in [5.74, 6) is 0.678. The van der Waals surface area contributed by atoms with Crippen LogP contribution in [-0.4, -0.2) is 61.3 Å². The summed E-state index contributed by atoms with van der Waals surface area (Å²) in [7, 11) is 1.85. The molecule has 2 rings (SSSR count). The van der Waals surface area contributed by atoms with Crippen molar-refractivity contribution < 1.29 is 4.74 Å². The summed E-state index contributed by atoms with van der Waals surface area (Å²) < 4.78 is 5.30. The molecule has 1 aliphatic rings. The minimum absolute atomic E-state index is 0.678. The first-order valence-corrected chi connectivity index (χ1v) is 5.92. The van der Waals surface area contributed by atoms with Crippen molar-refractivity contribution in [1.29, 1.82) is 0 Å². The van der Waals surface area contributed by atoms with Gasteiger partial charge in [-0.15, -0.1) is 0 Å². The van der Waals surface area contributed by atoms with E-state index in [1.54, 1.807) is 12.4 Å². The lowest BCUT2D eigenvalue weighted by Gasteiger charge is -2.26. The van der Waals surface area contributed by atoms with E-state index in [1.807, 2.05) is 7.05 Å². The smallest absolute Gasteiger partial charge is 0.222 e. The largest absolute Gasteiger partial charge is 0.386 e. The Balaban J connectivity index is 1.69. The van der Waals surface area contributed by atoms with E-state index in [4.69, 9.17) is 4.74 Å². The summed E-state index contributed by atoms with van der Waals surface area (Å²) in [6.45, 7) is 5.57. The van der Waals surface area contributed by atoms with Crippen LogP contribution in [0.4, 0.5) is 11.6 Å². The Labute approximate surface area is 101 Å². The van der Waals surface area contributed by atoms with Crippen molar-refractivity contribution in [3.05, 3.63) is 12.4 Å². The molecule has 0 unspecified atom stereocenters. The molecular formula is C11H19N5O. The quantitative estimate of drug-likeness (QED) is 0.766. The van der Waals surface area contributed by atoms with E-state index in [2.05, 4.69) is 25.5 Å². The molecule has 0 bridgehead atoms. The van der Waals surface area contributed by atoms with E-state index in [0.717, 1.165) is 45.1 Å². The third-order valence-electron chi connectivity index (χ3n) is 2.76. The van der Waals surface area contributed by atoms with Crippen molar-refractivity contribution in [2.24, 2.45) is 0 Å². The van der Waals surface area contributed by atoms with E-state index in [1.165, 1.54) is 0 Å². The van der Waals surface area contributed by atoms with Crippen LogP contribution in [0, 0.1) is 0 Å². The fraction of sp³-hybridized carbons (Fsp3) is 0.636. The summed E-state index contributed by atoms with van der Waals surface area (Å²) in [4.78, 5) is 10.8. The summed E-state index contributed by atoms with van der Waals surface area (Å²) in [5, 5.41) is 6.20. The molecule has 0 aliphatic carbocycles. The molecule has 1 fully saturated rings. The van der Waals surface area contributed by atoms with Gasteiger partial charge in [0.25, 0.3) is 0 Å². The maximum absolute atomic E-state index is 5.30. The van der Waals surface area contributed by atoms with Crippen molar-refractivity contribution in [2.75, 3.05) is 57.1 Å². The van der Waals surface area contributed by atoms with Gasteiger partial charge in [0.1, 0.15) is 0 Å². The molecule has 0 atom stereocenters. The second kappa shape index (κ2) is 6.36. The third-order valence-corrected chi connectivity index (χ3v) is 2.76. The topological polar surface area (TPSA) is 62.3 Å². The Morgan fingerprint density at radius 2 is 2.00 bits per heavy atom. The van der Waals surface area contributed by atoms with Crippen LogP contribution in [0.1, 0.15) is 0 Å². The maximum atomic E-state index is 5.30. The number of hydrogen-bond donors (Lipinski definition) is 2. The van der Waals surface area contributed by atoms with E-state index in [9.17, 15) is 0 Å². The fourth-order valence-electron chi connectivity index (χ4n) is 1.70. The van der Waals surface area contributed by atoms with E-state index < -0.39 is 0 Å². The molecule has 1 aliphatic heterocycles. The molecule has 2 N–H and O–H groups in total. The second-order valence-corrected chi connectivity index (χ2v) is 3.93. The SMILES string of the molecule is CNc1cnc(NCCN2CCOCC2)nc1. The third kappa shape index (κ3) is 3.83. The number of hydrogen-bond acceptors (Lipinski definition) is 6. The molecule has 0 saturated carbocycles. The van der Waals surface area contributed by atoms with Crippen LogP contribution in [0.2, 0.25) is 0 Å². The van der Waals surface area contributed by atoms with Crippen molar-refractivity contribution >= 4 is 11.6 Å². The first-order valence-electron chi connectivity index (χ1n) is 5.92. The van der Waals surface area contributed by atoms with E-state index >= 15 is 0 Å². The summed E-state index contributed by atoms with van der Waals surface area (Å²) >= 11 is 0. The Bertz CT molecular complexity index is 323. The van der Waals surface area contributed by atoms with Gasteiger partial charge in [0.2, 0.25) is 5.95 Å². The highest BCUT2D eigenvalue weighted by molar-refractivity contribution is 5.40. The van der Waals surface area contributed by atoms with Gasteiger partial charge in [0, 0.05) is 33.2 Å². The number of ether oxygens (including phenoxy) is 1. The number of aromatic nitrogens is 2. The van der Waals surface area contributed by atoms with Gasteiger partial charge in [-0.2, -0.15) is 0 Å². The van der Waals surface area contributed by atoms with Crippen molar-refractivity contribution in [3.63, 3.8) is 0 Å². The lowest BCUT2D eigenvalue weighted by Crippen LogP contribution is -2.39. The van der Waals surface area contributed by atoms with Gasteiger partial charge >= 0.3 is 0 Å². The zero-order valence-corrected chi connectivity index (χ0v) is 10.1. The molecule has 17 heavy (non-hydrogen) atoms. The predicted octanol–water partition coefficient (Wildman–Crippen LogP) is 0.262. The minimum Gasteiger partial charge on any atom is -0.386 e. The van der Waals surface area contributed by atoms with Gasteiger partial charge in [-0.1, -0.05) is 0 Å². The molecule has 2 heterocycles. The molecule has 6 heteroatoms. The predicted molar refractivity (Wildman–Crippen MR) is 67.3 cm³/mol. The molecule has 0 aromatic carbocycles. The van der Waals surface area contributed by atoms with Crippen LogP contribution in [0.3, 0.4) is 0 Å². The average molecular weight is 237 g/mol. The molecule has 0 amide bonds. The Kier molecular flexibility index (Phi) is 4.52. The molecule has 1 aromatic heterocycles. The van der Waals surface area contributed by atoms with E-state index in [0.29, 0.717) is 5.95 Å².